The molecule has 2 aromatic rings. The Labute approximate surface area is 129 Å². The molecule has 6 heteroatoms. The van der Waals surface area contributed by atoms with Crippen molar-refractivity contribution in [3.63, 3.8) is 0 Å². The lowest BCUT2D eigenvalue weighted by atomic mass is 9.67. The largest absolute Gasteiger partial charge is 0.438 e. The number of aryl methyl sites for hydroxylation is 1. The fourth-order valence-electron chi connectivity index (χ4n) is 2.56. The first-order chi connectivity index (χ1) is 9.61. The molecular weight excluding hydrogens is 340 g/mol. The number of amides is 1. The molecule has 0 aliphatic heterocycles. The Morgan fingerprint density at radius 2 is 2.35 bits per heavy atom. The summed E-state index contributed by atoms with van der Waals surface area (Å²) in [4.78, 5) is 17.4. The number of nitrogens with zero attached hydrogens (tertiary/aromatic N) is 1. The van der Waals surface area contributed by atoms with Gasteiger partial charge in [-0.15, -0.1) is 11.3 Å². The molecule has 20 heavy (non-hydrogen) atoms. The monoisotopic (exact) mass is 354 g/mol. The molecular formula is C14H15BrN2O2S. The molecule has 1 N–H and O–H groups in total. The van der Waals surface area contributed by atoms with E-state index < -0.39 is 0 Å². The van der Waals surface area contributed by atoms with Crippen LogP contribution in [0.25, 0.3) is 0 Å². The molecule has 2 aromatic heterocycles. The van der Waals surface area contributed by atoms with E-state index in [2.05, 4.69) is 38.4 Å². The lowest BCUT2D eigenvalue weighted by molar-refractivity contribution is 0.0900. The Hall–Kier alpha value is -1.14. The summed E-state index contributed by atoms with van der Waals surface area (Å²) in [5.41, 5.74) is 0.726. The molecule has 0 unspecified atom stereocenters. The van der Waals surface area contributed by atoms with Gasteiger partial charge in [0.1, 0.15) is 0 Å². The molecule has 0 atom stereocenters. The van der Waals surface area contributed by atoms with Gasteiger partial charge < -0.3 is 9.73 Å². The van der Waals surface area contributed by atoms with E-state index in [1.807, 2.05) is 0 Å². The normalized spacial score (nSPS) is 16.7. The Morgan fingerprint density at radius 3 is 2.85 bits per heavy atom. The van der Waals surface area contributed by atoms with E-state index in [-0.39, 0.29) is 11.3 Å². The van der Waals surface area contributed by atoms with Crippen LogP contribution in [0.15, 0.2) is 26.7 Å². The molecule has 1 fully saturated rings. The maximum atomic E-state index is 12.1. The summed E-state index contributed by atoms with van der Waals surface area (Å²) in [6.45, 7) is 2.42. The van der Waals surface area contributed by atoms with Gasteiger partial charge in [-0.3, -0.25) is 4.79 Å². The Kier molecular flexibility index (Phi) is 3.69. The number of hydrogen-bond donors (Lipinski definition) is 1. The van der Waals surface area contributed by atoms with Crippen LogP contribution in [0.2, 0.25) is 0 Å². The molecule has 0 aromatic carbocycles. The molecule has 1 amide bonds. The summed E-state index contributed by atoms with van der Waals surface area (Å²) < 4.78 is 6.26. The standard InChI is InChI=1S/C14H15BrN2O2S/c1-9-12(19-8-17-9)13(18)16-7-14(5-2-6-14)10-3-4-11(15)20-10/h3-4,8H,2,5-7H2,1H3,(H,16,18). The van der Waals surface area contributed by atoms with Crippen molar-refractivity contribution >= 4 is 33.2 Å². The molecule has 3 rings (SSSR count). The maximum absolute atomic E-state index is 12.1. The van der Waals surface area contributed by atoms with Crippen LogP contribution in [0.4, 0.5) is 0 Å². The van der Waals surface area contributed by atoms with Gasteiger partial charge in [-0.05, 0) is 47.8 Å². The zero-order valence-electron chi connectivity index (χ0n) is 11.1. The van der Waals surface area contributed by atoms with Crippen molar-refractivity contribution in [2.24, 2.45) is 0 Å². The third-order valence-corrected chi connectivity index (χ3v) is 5.82. The van der Waals surface area contributed by atoms with Crippen LogP contribution in [0.3, 0.4) is 0 Å². The van der Waals surface area contributed by atoms with Crippen molar-refractivity contribution in [3.8, 4) is 0 Å². The number of hydrogen-bond acceptors (Lipinski definition) is 4. The summed E-state index contributed by atoms with van der Waals surface area (Å²) in [6.07, 6.45) is 4.76. The maximum Gasteiger partial charge on any atom is 0.289 e. The van der Waals surface area contributed by atoms with Crippen LogP contribution in [0.1, 0.15) is 40.4 Å². The number of oxazole rings is 1. The van der Waals surface area contributed by atoms with Crippen LogP contribution in [-0.4, -0.2) is 17.4 Å². The van der Waals surface area contributed by atoms with E-state index in [1.165, 1.54) is 17.7 Å². The van der Waals surface area contributed by atoms with Crippen LogP contribution in [-0.2, 0) is 5.41 Å². The van der Waals surface area contributed by atoms with Crippen LogP contribution < -0.4 is 5.32 Å². The van der Waals surface area contributed by atoms with Crippen molar-refractivity contribution in [3.05, 3.63) is 38.6 Å². The van der Waals surface area contributed by atoms with E-state index in [9.17, 15) is 4.79 Å². The third-order valence-electron chi connectivity index (χ3n) is 3.95. The van der Waals surface area contributed by atoms with Crippen molar-refractivity contribution < 1.29 is 9.21 Å². The minimum Gasteiger partial charge on any atom is -0.438 e. The van der Waals surface area contributed by atoms with Crippen LogP contribution >= 0.6 is 27.3 Å². The number of carbonyl (C=O) groups is 1. The quantitative estimate of drug-likeness (QED) is 0.911. The minimum atomic E-state index is -0.179. The molecule has 0 radical (unpaired) electrons. The summed E-state index contributed by atoms with van der Waals surface area (Å²) in [5, 5.41) is 3.00. The first-order valence-electron chi connectivity index (χ1n) is 6.55. The van der Waals surface area contributed by atoms with Gasteiger partial charge in [0.05, 0.1) is 9.48 Å². The van der Waals surface area contributed by atoms with Crippen molar-refractivity contribution in [1.29, 1.82) is 0 Å². The molecule has 4 nitrogen and oxygen atoms in total. The lowest BCUT2D eigenvalue weighted by Crippen LogP contribution is -2.45. The van der Waals surface area contributed by atoms with E-state index in [1.54, 1.807) is 18.3 Å². The second kappa shape index (κ2) is 5.33. The van der Waals surface area contributed by atoms with Gasteiger partial charge in [-0.1, -0.05) is 6.42 Å². The second-order valence-corrected chi connectivity index (χ2v) is 7.65. The van der Waals surface area contributed by atoms with Gasteiger partial charge in [0, 0.05) is 16.8 Å². The van der Waals surface area contributed by atoms with Gasteiger partial charge in [-0.2, -0.15) is 0 Å². The van der Waals surface area contributed by atoms with Crippen molar-refractivity contribution in [2.75, 3.05) is 6.54 Å². The highest BCUT2D eigenvalue weighted by Crippen LogP contribution is 2.46. The van der Waals surface area contributed by atoms with Crippen molar-refractivity contribution in [2.45, 2.75) is 31.6 Å². The highest BCUT2D eigenvalue weighted by Gasteiger charge is 2.40. The van der Waals surface area contributed by atoms with E-state index >= 15 is 0 Å². The smallest absolute Gasteiger partial charge is 0.289 e. The molecule has 106 valence electrons. The number of aromatic nitrogens is 1. The van der Waals surface area contributed by atoms with Gasteiger partial charge in [0.15, 0.2) is 6.39 Å². The minimum absolute atomic E-state index is 0.0975. The SMILES string of the molecule is Cc1ncoc1C(=O)NCC1(c2ccc(Br)s2)CCC1. The fourth-order valence-corrected chi connectivity index (χ4v) is 4.19. The molecule has 1 aliphatic carbocycles. The van der Waals surface area contributed by atoms with Crippen LogP contribution in [0, 0.1) is 6.92 Å². The molecule has 1 aliphatic rings. The summed E-state index contributed by atoms with van der Waals surface area (Å²) in [7, 11) is 0. The van der Waals surface area contributed by atoms with Gasteiger partial charge in [-0.25, -0.2) is 4.98 Å². The van der Waals surface area contributed by atoms with E-state index in [0.717, 1.165) is 16.6 Å². The van der Waals surface area contributed by atoms with Crippen LogP contribution in [0.5, 0.6) is 0 Å². The Balaban J connectivity index is 1.70. The first kappa shape index (κ1) is 13.8. The number of thiophene rings is 1. The average Bonchev–Trinajstić information content (AvgIpc) is 2.97. The van der Waals surface area contributed by atoms with E-state index in [4.69, 9.17) is 4.42 Å². The lowest BCUT2D eigenvalue weighted by Gasteiger charge is -2.41. The summed E-state index contributed by atoms with van der Waals surface area (Å²) in [5.74, 6) is 0.133. The first-order valence-corrected chi connectivity index (χ1v) is 8.16. The zero-order chi connectivity index (χ0) is 14.2. The molecule has 1 saturated carbocycles. The molecule has 0 saturated heterocycles. The number of carbonyl (C=O) groups excluding carboxylic acids is 1. The van der Waals surface area contributed by atoms with Crippen molar-refractivity contribution in [1.82, 2.24) is 10.3 Å². The number of halogens is 1. The summed E-state index contributed by atoms with van der Waals surface area (Å²) in [6, 6.07) is 4.22. The summed E-state index contributed by atoms with van der Waals surface area (Å²) >= 11 is 5.26. The highest BCUT2D eigenvalue weighted by molar-refractivity contribution is 9.11. The zero-order valence-corrected chi connectivity index (χ0v) is 13.5. The molecule has 2 heterocycles. The predicted molar refractivity (Wildman–Crippen MR) is 81.1 cm³/mol. The molecule has 0 bridgehead atoms. The second-order valence-electron chi connectivity index (χ2n) is 5.19. The Bertz CT molecular complexity index is 631. The predicted octanol–water partition coefficient (Wildman–Crippen LogP) is 3.66. The number of rotatable bonds is 4. The average molecular weight is 355 g/mol. The van der Waals surface area contributed by atoms with E-state index in [0.29, 0.717) is 18.0 Å². The Morgan fingerprint density at radius 1 is 1.55 bits per heavy atom. The fraction of sp³-hybridized carbons (Fsp3) is 0.429. The van der Waals surface area contributed by atoms with Gasteiger partial charge >= 0.3 is 0 Å². The molecule has 0 spiro atoms. The van der Waals surface area contributed by atoms with Gasteiger partial charge in [0.2, 0.25) is 5.76 Å². The highest BCUT2D eigenvalue weighted by atomic mass is 79.9. The van der Waals surface area contributed by atoms with Gasteiger partial charge in [0.25, 0.3) is 5.91 Å². The number of nitrogens with one attached hydrogen (secondary N) is 1. The topological polar surface area (TPSA) is 55.1 Å². The third kappa shape index (κ3) is 2.42.